The highest BCUT2D eigenvalue weighted by Gasteiger charge is 2.12. The van der Waals surface area contributed by atoms with Crippen LogP contribution in [0.15, 0.2) is 18.2 Å². The van der Waals surface area contributed by atoms with E-state index < -0.39 is 0 Å². The predicted molar refractivity (Wildman–Crippen MR) is 94.2 cm³/mol. The number of carbonyl (C=O) groups excluding carboxylic acids is 1. The van der Waals surface area contributed by atoms with Crippen LogP contribution in [0.25, 0.3) is 10.2 Å². The third kappa shape index (κ3) is 3.59. The van der Waals surface area contributed by atoms with Crippen molar-refractivity contribution in [3.63, 3.8) is 0 Å². The van der Waals surface area contributed by atoms with Gasteiger partial charge >= 0.3 is 0 Å². The topological polar surface area (TPSA) is 85.6 Å². The van der Waals surface area contributed by atoms with E-state index in [1.165, 1.54) is 4.80 Å². The largest absolute Gasteiger partial charge is 0.326 e. The summed E-state index contributed by atoms with van der Waals surface area (Å²) < 4.78 is 1.07. The summed E-state index contributed by atoms with van der Waals surface area (Å²) in [5.74, 6) is 0.656. The number of nitrogens with one attached hydrogen (secondary N) is 1. The molecule has 0 saturated carbocycles. The van der Waals surface area contributed by atoms with E-state index in [0.29, 0.717) is 11.7 Å². The standard InChI is InChI=1S/C16H20N6OS/c1-9(2)16-18-12-6-5-11(7-13(12)24-16)17-15(23)8-14-19-21-22(20-14)10(3)4/h5-7,9-10H,8H2,1-4H3,(H,17,23). The highest BCUT2D eigenvalue weighted by atomic mass is 32.1. The maximum absolute atomic E-state index is 12.2. The summed E-state index contributed by atoms with van der Waals surface area (Å²) in [6.45, 7) is 8.16. The molecule has 0 fully saturated rings. The Hall–Kier alpha value is -2.35. The van der Waals surface area contributed by atoms with Crippen molar-refractivity contribution in [1.82, 2.24) is 25.2 Å². The van der Waals surface area contributed by atoms with Crippen LogP contribution in [-0.4, -0.2) is 31.1 Å². The molecule has 8 heteroatoms. The first-order valence-corrected chi connectivity index (χ1v) is 8.72. The molecule has 2 aromatic heterocycles. The zero-order valence-corrected chi connectivity index (χ0v) is 15.0. The zero-order valence-electron chi connectivity index (χ0n) is 14.1. The van der Waals surface area contributed by atoms with E-state index in [2.05, 4.69) is 39.6 Å². The van der Waals surface area contributed by atoms with Crippen LogP contribution in [-0.2, 0) is 11.2 Å². The summed E-state index contributed by atoms with van der Waals surface area (Å²) in [6.07, 6.45) is 0.102. The van der Waals surface area contributed by atoms with Crippen LogP contribution in [0.5, 0.6) is 0 Å². The minimum absolute atomic E-state index is 0.102. The number of benzene rings is 1. The molecule has 3 rings (SSSR count). The summed E-state index contributed by atoms with van der Waals surface area (Å²) in [7, 11) is 0. The van der Waals surface area contributed by atoms with Gasteiger partial charge in [0, 0.05) is 11.6 Å². The Bertz CT molecular complexity index is 866. The van der Waals surface area contributed by atoms with E-state index in [1.54, 1.807) is 11.3 Å². The highest BCUT2D eigenvalue weighted by molar-refractivity contribution is 7.18. The van der Waals surface area contributed by atoms with E-state index in [4.69, 9.17) is 0 Å². The van der Waals surface area contributed by atoms with E-state index >= 15 is 0 Å². The monoisotopic (exact) mass is 344 g/mol. The molecule has 2 heterocycles. The highest BCUT2D eigenvalue weighted by Crippen LogP contribution is 2.29. The molecule has 24 heavy (non-hydrogen) atoms. The van der Waals surface area contributed by atoms with E-state index in [1.807, 2.05) is 32.0 Å². The SMILES string of the molecule is CC(C)c1nc2ccc(NC(=O)Cc3nnn(C(C)C)n3)cc2s1. The van der Waals surface area contributed by atoms with Gasteiger partial charge < -0.3 is 5.32 Å². The quantitative estimate of drug-likeness (QED) is 0.768. The first kappa shape index (κ1) is 16.5. The average molecular weight is 344 g/mol. The van der Waals surface area contributed by atoms with Gasteiger partial charge in [0.05, 0.1) is 27.7 Å². The Kier molecular flexibility index (Phi) is 4.57. The van der Waals surface area contributed by atoms with Gasteiger partial charge in [-0.2, -0.15) is 4.80 Å². The third-order valence-electron chi connectivity index (χ3n) is 3.43. The lowest BCUT2D eigenvalue weighted by molar-refractivity contribution is -0.115. The Morgan fingerprint density at radius 3 is 2.75 bits per heavy atom. The van der Waals surface area contributed by atoms with Crippen molar-refractivity contribution in [2.45, 2.75) is 46.1 Å². The first-order valence-electron chi connectivity index (χ1n) is 7.91. The number of hydrogen-bond donors (Lipinski definition) is 1. The second kappa shape index (κ2) is 6.64. The number of fused-ring (bicyclic) bond motifs is 1. The molecule has 0 spiro atoms. The van der Waals surface area contributed by atoms with Gasteiger partial charge in [-0.1, -0.05) is 13.8 Å². The van der Waals surface area contributed by atoms with Gasteiger partial charge in [0.25, 0.3) is 0 Å². The lowest BCUT2D eigenvalue weighted by Crippen LogP contribution is -2.15. The molecule has 0 saturated heterocycles. The van der Waals surface area contributed by atoms with Gasteiger partial charge in [0.15, 0.2) is 5.82 Å². The van der Waals surface area contributed by atoms with Crippen molar-refractivity contribution in [2.75, 3.05) is 5.32 Å². The molecule has 1 N–H and O–H groups in total. The maximum Gasteiger partial charge on any atom is 0.232 e. The molecule has 126 valence electrons. The van der Waals surface area contributed by atoms with Crippen LogP contribution in [0.4, 0.5) is 5.69 Å². The number of anilines is 1. The molecule has 0 aliphatic carbocycles. The van der Waals surface area contributed by atoms with Crippen molar-refractivity contribution in [3.05, 3.63) is 29.0 Å². The van der Waals surface area contributed by atoms with Crippen LogP contribution in [0.3, 0.4) is 0 Å². The van der Waals surface area contributed by atoms with Crippen LogP contribution in [0.2, 0.25) is 0 Å². The number of aromatic nitrogens is 5. The van der Waals surface area contributed by atoms with Crippen molar-refractivity contribution in [3.8, 4) is 0 Å². The zero-order chi connectivity index (χ0) is 17.3. The van der Waals surface area contributed by atoms with Gasteiger partial charge in [-0.25, -0.2) is 4.98 Å². The molecule has 0 radical (unpaired) electrons. The lowest BCUT2D eigenvalue weighted by atomic mass is 10.2. The van der Waals surface area contributed by atoms with Crippen molar-refractivity contribution in [2.24, 2.45) is 0 Å². The minimum Gasteiger partial charge on any atom is -0.326 e. The molecule has 0 aliphatic rings. The van der Waals surface area contributed by atoms with Crippen LogP contribution in [0, 0.1) is 0 Å². The Balaban J connectivity index is 1.70. The Labute approximate surface area is 144 Å². The van der Waals surface area contributed by atoms with Gasteiger partial charge in [-0.3, -0.25) is 4.79 Å². The Morgan fingerprint density at radius 2 is 2.08 bits per heavy atom. The summed E-state index contributed by atoms with van der Waals surface area (Å²) in [6, 6.07) is 5.87. The molecule has 0 unspecified atom stereocenters. The van der Waals surface area contributed by atoms with Crippen LogP contribution < -0.4 is 5.32 Å². The van der Waals surface area contributed by atoms with Gasteiger partial charge in [-0.15, -0.1) is 21.5 Å². The van der Waals surface area contributed by atoms with Crippen molar-refractivity contribution < 1.29 is 4.79 Å². The molecular formula is C16H20N6OS. The number of amides is 1. The number of carbonyl (C=O) groups is 1. The number of nitrogens with zero attached hydrogens (tertiary/aromatic N) is 5. The third-order valence-corrected chi connectivity index (χ3v) is 4.75. The summed E-state index contributed by atoms with van der Waals surface area (Å²) in [5.41, 5.74) is 1.71. The van der Waals surface area contributed by atoms with E-state index in [9.17, 15) is 4.79 Å². The minimum atomic E-state index is -0.161. The van der Waals surface area contributed by atoms with E-state index in [-0.39, 0.29) is 18.4 Å². The Morgan fingerprint density at radius 1 is 1.29 bits per heavy atom. The fourth-order valence-corrected chi connectivity index (χ4v) is 3.17. The molecule has 7 nitrogen and oxygen atoms in total. The number of thiazole rings is 1. The molecule has 0 atom stereocenters. The van der Waals surface area contributed by atoms with Gasteiger partial charge in [0.2, 0.25) is 5.91 Å². The summed E-state index contributed by atoms with van der Waals surface area (Å²) in [4.78, 5) is 18.3. The molecule has 1 amide bonds. The lowest BCUT2D eigenvalue weighted by Gasteiger charge is -2.03. The van der Waals surface area contributed by atoms with Gasteiger partial charge in [-0.05, 0) is 37.3 Å². The van der Waals surface area contributed by atoms with Crippen molar-refractivity contribution >= 4 is 33.1 Å². The van der Waals surface area contributed by atoms with Gasteiger partial charge in [0.1, 0.15) is 0 Å². The fraction of sp³-hybridized carbons (Fsp3) is 0.438. The molecule has 0 bridgehead atoms. The van der Waals surface area contributed by atoms with Crippen LogP contribution >= 0.6 is 11.3 Å². The van der Waals surface area contributed by atoms with E-state index in [0.717, 1.165) is 20.9 Å². The smallest absolute Gasteiger partial charge is 0.232 e. The number of tetrazole rings is 1. The van der Waals surface area contributed by atoms with Crippen molar-refractivity contribution in [1.29, 1.82) is 0 Å². The molecular weight excluding hydrogens is 324 g/mol. The number of hydrogen-bond acceptors (Lipinski definition) is 6. The molecule has 1 aromatic carbocycles. The second-order valence-corrected chi connectivity index (χ2v) is 7.30. The predicted octanol–water partition coefficient (Wildman–Crippen LogP) is 3.17. The average Bonchev–Trinajstić information content (AvgIpc) is 3.13. The molecule has 0 aliphatic heterocycles. The molecule has 3 aromatic rings. The normalized spacial score (nSPS) is 11.6. The second-order valence-electron chi connectivity index (χ2n) is 6.23. The first-order chi connectivity index (χ1) is 11.4. The van der Waals surface area contributed by atoms with Crippen LogP contribution in [0.1, 0.15) is 50.5 Å². The summed E-state index contributed by atoms with van der Waals surface area (Å²) >= 11 is 1.66. The fourth-order valence-electron chi connectivity index (χ4n) is 2.16. The maximum atomic E-state index is 12.2. The number of rotatable bonds is 5. The summed E-state index contributed by atoms with van der Waals surface area (Å²) in [5, 5.41) is 16.0.